The Labute approximate surface area is 120 Å². The molecule has 0 saturated carbocycles. The van der Waals surface area contributed by atoms with E-state index in [9.17, 15) is 4.79 Å². The molecule has 0 aliphatic carbocycles. The van der Waals surface area contributed by atoms with Gasteiger partial charge in [0.05, 0.1) is 5.52 Å². The predicted octanol–water partition coefficient (Wildman–Crippen LogP) is 3.23. The molecule has 0 radical (unpaired) electrons. The number of amides is 1. The van der Waals surface area contributed by atoms with E-state index in [2.05, 4.69) is 20.9 Å². The van der Waals surface area contributed by atoms with Crippen molar-refractivity contribution < 1.29 is 4.79 Å². The summed E-state index contributed by atoms with van der Waals surface area (Å²) in [5.41, 5.74) is 1.69. The summed E-state index contributed by atoms with van der Waals surface area (Å²) in [7, 11) is 0. The van der Waals surface area contributed by atoms with E-state index in [-0.39, 0.29) is 5.91 Å². The molecule has 0 spiro atoms. The third-order valence-electron chi connectivity index (χ3n) is 3.67. The van der Waals surface area contributed by atoms with Crippen LogP contribution < -0.4 is 0 Å². The van der Waals surface area contributed by atoms with Gasteiger partial charge in [-0.25, -0.2) is 0 Å². The maximum absolute atomic E-state index is 12.5. The van der Waals surface area contributed by atoms with Crippen LogP contribution in [0, 0.1) is 0 Å². The minimum Gasteiger partial charge on any atom is -0.335 e. The second kappa shape index (κ2) is 5.29. The molecule has 0 bridgehead atoms. The van der Waals surface area contributed by atoms with Gasteiger partial charge < -0.3 is 4.90 Å². The number of rotatable bonds is 2. The summed E-state index contributed by atoms with van der Waals surface area (Å²) in [4.78, 5) is 18.8. The lowest BCUT2D eigenvalue weighted by Crippen LogP contribution is -2.36. The van der Waals surface area contributed by atoms with E-state index in [1.807, 2.05) is 35.2 Å². The number of likely N-dealkylation sites (tertiary alicyclic amines) is 1. The number of aromatic nitrogens is 1. The Kier molecular flexibility index (Phi) is 3.51. The number of hydrogen-bond acceptors (Lipinski definition) is 2. The largest absolute Gasteiger partial charge is 0.335 e. The van der Waals surface area contributed by atoms with Crippen molar-refractivity contribution >= 4 is 32.7 Å². The molecule has 1 saturated heterocycles. The molecule has 1 aromatic heterocycles. The Morgan fingerprint density at radius 2 is 2.32 bits per heavy atom. The maximum Gasteiger partial charge on any atom is 0.254 e. The Bertz CT molecular complexity index is 614. The molecular weight excluding hydrogens is 304 g/mol. The van der Waals surface area contributed by atoms with Crippen molar-refractivity contribution in [2.75, 3.05) is 11.9 Å². The first-order valence-corrected chi connectivity index (χ1v) is 7.63. The van der Waals surface area contributed by atoms with Crippen LogP contribution in [-0.4, -0.2) is 33.7 Å². The zero-order valence-electron chi connectivity index (χ0n) is 10.6. The van der Waals surface area contributed by atoms with Gasteiger partial charge >= 0.3 is 0 Å². The number of pyridine rings is 1. The van der Waals surface area contributed by atoms with Crippen LogP contribution in [0.3, 0.4) is 0 Å². The van der Waals surface area contributed by atoms with Gasteiger partial charge in [-0.3, -0.25) is 9.78 Å². The smallest absolute Gasteiger partial charge is 0.254 e. The Morgan fingerprint density at radius 3 is 3.16 bits per heavy atom. The summed E-state index contributed by atoms with van der Waals surface area (Å²) < 4.78 is 0. The summed E-state index contributed by atoms with van der Waals surface area (Å²) in [5, 5.41) is 1.87. The fraction of sp³-hybridized carbons (Fsp3) is 0.333. The average molecular weight is 319 g/mol. The van der Waals surface area contributed by atoms with E-state index in [0.717, 1.165) is 41.2 Å². The van der Waals surface area contributed by atoms with Crippen molar-refractivity contribution in [3.05, 3.63) is 42.1 Å². The third kappa shape index (κ3) is 2.37. The highest BCUT2D eigenvalue weighted by molar-refractivity contribution is 9.09. The number of carbonyl (C=O) groups is 1. The number of nitrogens with zero attached hydrogens (tertiary/aromatic N) is 2. The van der Waals surface area contributed by atoms with Gasteiger partial charge in [0.1, 0.15) is 0 Å². The van der Waals surface area contributed by atoms with Gasteiger partial charge in [-0.15, -0.1) is 0 Å². The molecule has 1 amide bonds. The van der Waals surface area contributed by atoms with Crippen molar-refractivity contribution in [2.24, 2.45) is 0 Å². The highest BCUT2D eigenvalue weighted by atomic mass is 79.9. The van der Waals surface area contributed by atoms with Gasteiger partial charge in [0.2, 0.25) is 0 Å². The summed E-state index contributed by atoms with van der Waals surface area (Å²) in [6, 6.07) is 9.95. The normalized spacial score (nSPS) is 19.0. The zero-order valence-corrected chi connectivity index (χ0v) is 12.1. The molecule has 1 aliphatic rings. The molecule has 1 atom stereocenters. The van der Waals surface area contributed by atoms with E-state index in [0.29, 0.717) is 6.04 Å². The molecule has 3 rings (SSSR count). The van der Waals surface area contributed by atoms with Crippen LogP contribution >= 0.6 is 15.9 Å². The molecule has 98 valence electrons. The van der Waals surface area contributed by atoms with Crippen LogP contribution in [0.15, 0.2) is 36.5 Å². The van der Waals surface area contributed by atoms with Gasteiger partial charge in [-0.1, -0.05) is 22.0 Å². The van der Waals surface area contributed by atoms with Gasteiger partial charge in [-0.2, -0.15) is 0 Å². The van der Waals surface area contributed by atoms with Crippen LogP contribution in [0.5, 0.6) is 0 Å². The van der Waals surface area contributed by atoms with Crippen molar-refractivity contribution in [3.8, 4) is 0 Å². The van der Waals surface area contributed by atoms with Crippen LogP contribution in [0.4, 0.5) is 0 Å². The van der Waals surface area contributed by atoms with Gasteiger partial charge in [0, 0.05) is 35.1 Å². The lowest BCUT2D eigenvalue weighted by Gasteiger charge is -2.23. The first kappa shape index (κ1) is 12.6. The van der Waals surface area contributed by atoms with E-state index in [4.69, 9.17) is 0 Å². The van der Waals surface area contributed by atoms with Crippen LogP contribution in [0.2, 0.25) is 0 Å². The highest BCUT2D eigenvalue weighted by Crippen LogP contribution is 2.23. The lowest BCUT2D eigenvalue weighted by atomic mass is 10.1. The van der Waals surface area contributed by atoms with Crippen molar-refractivity contribution in [1.82, 2.24) is 9.88 Å². The molecule has 1 aliphatic heterocycles. The average Bonchev–Trinajstić information content (AvgIpc) is 2.94. The van der Waals surface area contributed by atoms with Gasteiger partial charge in [0.15, 0.2) is 0 Å². The molecule has 0 N–H and O–H groups in total. The summed E-state index contributed by atoms with van der Waals surface area (Å²) >= 11 is 3.49. The number of halogens is 1. The molecule has 1 fully saturated rings. The van der Waals surface area contributed by atoms with Crippen LogP contribution in [0.1, 0.15) is 23.2 Å². The van der Waals surface area contributed by atoms with Gasteiger partial charge in [0.25, 0.3) is 5.91 Å². The Balaban J connectivity index is 1.93. The van der Waals surface area contributed by atoms with Gasteiger partial charge in [-0.05, 0) is 37.1 Å². The predicted molar refractivity (Wildman–Crippen MR) is 79.6 cm³/mol. The van der Waals surface area contributed by atoms with E-state index >= 15 is 0 Å². The number of alkyl halides is 1. The molecule has 2 heterocycles. The summed E-state index contributed by atoms with van der Waals surface area (Å²) in [6.45, 7) is 0.861. The topological polar surface area (TPSA) is 33.2 Å². The summed E-state index contributed by atoms with van der Waals surface area (Å²) in [6.07, 6.45) is 3.95. The van der Waals surface area contributed by atoms with Crippen LogP contribution in [0.25, 0.3) is 10.9 Å². The molecule has 4 heteroatoms. The van der Waals surface area contributed by atoms with E-state index in [1.54, 1.807) is 6.20 Å². The molecular formula is C15H15BrN2O. The van der Waals surface area contributed by atoms with Crippen molar-refractivity contribution in [3.63, 3.8) is 0 Å². The SMILES string of the molecule is O=C(c1ccc2ncccc2c1)N1CCCC1CBr. The molecule has 1 aromatic carbocycles. The number of carbonyl (C=O) groups excluding carboxylic acids is 1. The van der Waals surface area contributed by atoms with Crippen molar-refractivity contribution in [1.29, 1.82) is 0 Å². The van der Waals surface area contributed by atoms with E-state index in [1.165, 1.54) is 0 Å². The zero-order chi connectivity index (χ0) is 13.2. The number of benzene rings is 1. The Hall–Kier alpha value is -1.42. The molecule has 3 nitrogen and oxygen atoms in total. The first-order chi connectivity index (χ1) is 9.29. The monoisotopic (exact) mass is 318 g/mol. The second-order valence-electron chi connectivity index (χ2n) is 4.86. The number of fused-ring (bicyclic) bond motifs is 1. The molecule has 19 heavy (non-hydrogen) atoms. The minimum absolute atomic E-state index is 0.132. The maximum atomic E-state index is 12.5. The first-order valence-electron chi connectivity index (χ1n) is 6.51. The van der Waals surface area contributed by atoms with E-state index < -0.39 is 0 Å². The second-order valence-corrected chi connectivity index (χ2v) is 5.51. The van der Waals surface area contributed by atoms with Crippen molar-refractivity contribution in [2.45, 2.75) is 18.9 Å². The Morgan fingerprint density at radius 1 is 1.42 bits per heavy atom. The lowest BCUT2D eigenvalue weighted by molar-refractivity contribution is 0.0750. The minimum atomic E-state index is 0.132. The standard InChI is InChI=1S/C15H15BrN2O/c16-10-13-4-2-8-18(13)15(19)12-5-6-14-11(9-12)3-1-7-17-14/h1,3,5-7,9,13H,2,4,8,10H2. The fourth-order valence-electron chi connectivity index (χ4n) is 2.64. The highest BCUT2D eigenvalue weighted by Gasteiger charge is 2.28. The molecule has 1 unspecified atom stereocenters. The summed E-state index contributed by atoms with van der Waals surface area (Å²) in [5.74, 6) is 0.132. The van der Waals surface area contributed by atoms with Crippen LogP contribution in [-0.2, 0) is 0 Å². The third-order valence-corrected chi connectivity index (χ3v) is 4.41. The quantitative estimate of drug-likeness (QED) is 0.796. The molecule has 2 aromatic rings. The fourth-order valence-corrected chi connectivity index (χ4v) is 3.31. The number of hydrogen-bond donors (Lipinski definition) is 0.